The van der Waals surface area contributed by atoms with E-state index < -0.39 is 0 Å². The lowest BCUT2D eigenvalue weighted by Gasteiger charge is -2.36. The molecule has 0 radical (unpaired) electrons. The number of anilines is 1. The fraction of sp³-hybridized carbons (Fsp3) is 0.300. The fourth-order valence-corrected chi connectivity index (χ4v) is 3.07. The lowest BCUT2D eigenvalue weighted by atomic mass is 10.1. The minimum absolute atomic E-state index is 0.103. The van der Waals surface area contributed by atoms with Gasteiger partial charge in [0.1, 0.15) is 0 Å². The molecule has 0 atom stereocenters. The molecule has 122 valence electrons. The smallest absolute Gasteiger partial charge is 0.159 e. The Labute approximate surface area is 142 Å². The topological polar surface area (TPSA) is 47.3 Å². The quantitative estimate of drug-likeness (QED) is 0.813. The van der Waals surface area contributed by atoms with Gasteiger partial charge in [-0.25, -0.2) is 0 Å². The second-order valence-corrected chi connectivity index (χ2v) is 6.18. The molecule has 0 aliphatic carbocycles. The van der Waals surface area contributed by atoms with Crippen LogP contribution in [0.4, 0.5) is 5.69 Å². The van der Waals surface area contributed by atoms with Gasteiger partial charge in [0, 0.05) is 44.0 Å². The van der Waals surface area contributed by atoms with Crippen molar-refractivity contribution in [3.05, 3.63) is 65.2 Å². The zero-order valence-electron chi connectivity index (χ0n) is 13.9. The first-order chi connectivity index (χ1) is 11.7. The zero-order chi connectivity index (χ0) is 16.9. The summed E-state index contributed by atoms with van der Waals surface area (Å²) >= 11 is 0. The molecule has 3 rings (SSSR count). The SMILES string of the molecule is CC(=O)c1ccc(N2CCN(Cc3cccc(C#N)c3)CC2)cc1. The van der Waals surface area contributed by atoms with Gasteiger partial charge in [-0.1, -0.05) is 12.1 Å². The second-order valence-electron chi connectivity index (χ2n) is 6.18. The first-order valence-corrected chi connectivity index (χ1v) is 8.23. The Hall–Kier alpha value is -2.64. The molecule has 4 nitrogen and oxygen atoms in total. The number of carbonyl (C=O) groups excluding carboxylic acids is 1. The van der Waals surface area contributed by atoms with Crippen LogP contribution in [0.15, 0.2) is 48.5 Å². The van der Waals surface area contributed by atoms with Gasteiger partial charge in [-0.2, -0.15) is 5.26 Å². The third-order valence-corrected chi connectivity index (χ3v) is 4.47. The minimum atomic E-state index is 0.103. The van der Waals surface area contributed by atoms with Gasteiger partial charge in [-0.3, -0.25) is 9.69 Å². The molecule has 1 fully saturated rings. The van der Waals surface area contributed by atoms with Crippen molar-refractivity contribution in [2.24, 2.45) is 0 Å². The van der Waals surface area contributed by atoms with Crippen LogP contribution in [-0.4, -0.2) is 36.9 Å². The van der Waals surface area contributed by atoms with Crippen molar-refractivity contribution in [3.63, 3.8) is 0 Å². The predicted octanol–water partition coefficient (Wildman–Crippen LogP) is 3.08. The van der Waals surface area contributed by atoms with Gasteiger partial charge in [0.05, 0.1) is 11.6 Å². The third-order valence-electron chi connectivity index (χ3n) is 4.47. The van der Waals surface area contributed by atoms with Gasteiger partial charge in [0.15, 0.2) is 5.78 Å². The average molecular weight is 319 g/mol. The summed E-state index contributed by atoms with van der Waals surface area (Å²) in [6.45, 7) is 6.40. The maximum atomic E-state index is 11.4. The molecular weight excluding hydrogens is 298 g/mol. The first kappa shape index (κ1) is 16.2. The van der Waals surface area contributed by atoms with Crippen LogP contribution in [0, 0.1) is 11.3 Å². The Bertz CT molecular complexity index is 753. The normalized spacial score (nSPS) is 15.1. The molecule has 1 aliphatic rings. The van der Waals surface area contributed by atoms with E-state index in [4.69, 9.17) is 5.26 Å². The van der Waals surface area contributed by atoms with E-state index in [2.05, 4.69) is 21.9 Å². The maximum Gasteiger partial charge on any atom is 0.159 e. The van der Waals surface area contributed by atoms with Crippen molar-refractivity contribution in [1.29, 1.82) is 5.26 Å². The van der Waals surface area contributed by atoms with E-state index in [1.54, 1.807) is 6.92 Å². The Balaban J connectivity index is 1.57. The van der Waals surface area contributed by atoms with Crippen LogP contribution >= 0.6 is 0 Å². The highest BCUT2D eigenvalue weighted by Gasteiger charge is 2.17. The molecule has 0 amide bonds. The summed E-state index contributed by atoms with van der Waals surface area (Å²) in [4.78, 5) is 16.1. The molecule has 1 heterocycles. The molecule has 2 aromatic carbocycles. The zero-order valence-corrected chi connectivity index (χ0v) is 13.9. The number of nitriles is 1. The van der Waals surface area contributed by atoms with Crippen LogP contribution in [0.2, 0.25) is 0 Å². The number of nitrogens with zero attached hydrogens (tertiary/aromatic N) is 3. The third kappa shape index (κ3) is 3.81. The van der Waals surface area contributed by atoms with Crippen LogP contribution in [0.5, 0.6) is 0 Å². The second kappa shape index (κ2) is 7.29. The number of benzene rings is 2. The van der Waals surface area contributed by atoms with Crippen LogP contribution < -0.4 is 4.90 Å². The summed E-state index contributed by atoms with van der Waals surface area (Å²) in [6, 6.07) is 17.9. The summed E-state index contributed by atoms with van der Waals surface area (Å²) < 4.78 is 0. The average Bonchev–Trinajstić information content (AvgIpc) is 2.62. The molecule has 0 saturated carbocycles. The predicted molar refractivity (Wildman–Crippen MR) is 95.1 cm³/mol. The van der Waals surface area contributed by atoms with Gasteiger partial charge in [-0.15, -0.1) is 0 Å². The van der Waals surface area contributed by atoms with Crippen LogP contribution in [0.25, 0.3) is 0 Å². The minimum Gasteiger partial charge on any atom is -0.369 e. The van der Waals surface area contributed by atoms with Crippen molar-refractivity contribution in [2.45, 2.75) is 13.5 Å². The highest BCUT2D eigenvalue weighted by Crippen LogP contribution is 2.18. The summed E-state index contributed by atoms with van der Waals surface area (Å²) in [6.07, 6.45) is 0. The molecule has 0 unspecified atom stereocenters. The molecule has 24 heavy (non-hydrogen) atoms. The van der Waals surface area contributed by atoms with E-state index in [1.807, 2.05) is 42.5 Å². The maximum absolute atomic E-state index is 11.4. The van der Waals surface area contributed by atoms with Crippen LogP contribution in [-0.2, 0) is 6.54 Å². The van der Waals surface area contributed by atoms with Crippen molar-refractivity contribution >= 4 is 11.5 Å². The Morgan fingerprint density at radius 3 is 2.42 bits per heavy atom. The molecule has 1 aliphatic heterocycles. The summed E-state index contributed by atoms with van der Waals surface area (Å²) in [7, 11) is 0. The molecule has 0 aromatic heterocycles. The molecule has 4 heteroatoms. The van der Waals surface area contributed by atoms with Crippen molar-refractivity contribution in [1.82, 2.24) is 4.90 Å². The molecular formula is C20H21N3O. The van der Waals surface area contributed by atoms with Gasteiger partial charge >= 0.3 is 0 Å². The Kier molecular flexibility index (Phi) is 4.93. The van der Waals surface area contributed by atoms with Crippen molar-refractivity contribution < 1.29 is 4.79 Å². The standard InChI is InChI=1S/C20H21N3O/c1-16(24)19-5-7-20(8-6-19)23-11-9-22(10-12-23)15-18-4-2-3-17(13-18)14-21/h2-8,13H,9-12,15H2,1H3. The lowest BCUT2D eigenvalue weighted by molar-refractivity contribution is 0.101. The molecule has 1 saturated heterocycles. The lowest BCUT2D eigenvalue weighted by Crippen LogP contribution is -2.45. The number of hydrogen-bond acceptors (Lipinski definition) is 4. The number of hydrogen-bond donors (Lipinski definition) is 0. The van der Waals surface area contributed by atoms with Gasteiger partial charge in [0.25, 0.3) is 0 Å². The van der Waals surface area contributed by atoms with Crippen LogP contribution in [0.3, 0.4) is 0 Å². The van der Waals surface area contributed by atoms with Gasteiger partial charge in [-0.05, 0) is 48.9 Å². The highest BCUT2D eigenvalue weighted by molar-refractivity contribution is 5.94. The number of ketones is 1. The van der Waals surface area contributed by atoms with Gasteiger partial charge < -0.3 is 4.90 Å². The summed E-state index contributed by atoms with van der Waals surface area (Å²) in [5.41, 5.74) is 3.84. The number of rotatable bonds is 4. The van der Waals surface area contributed by atoms with E-state index in [-0.39, 0.29) is 5.78 Å². The number of carbonyl (C=O) groups is 1. The van der Waals surface area contributed by atoms with E-state index in [9.17, 15) is 4.79 Å². The molecule has 0 spiro atoms. The van der Waals surface area contributed by atoms with Crippen molar-refractivity contribution in [3.8, 4) is 6.07 Å². The van der Waals surface area contributed by atoms with E-state index in [0.29, 0.717) is 0 Å². The van der Waals surface area contributed by atoms with E-state index in [0.717, 1.165) is 43.9 Å². The first-order valence-electron chi connectivity index (χ1n) is 8.23. The highest BCUT2D eigenvalue weighted by atomic mass is 16.1. The van der Waals surface area contributed by atoms with E-state index >= 15 is 0 Å². The van der Waals surface area contributed by atoms with Crippen molar-refractivity contribution in [2.75, 3.05) is 31.1 Å². The van der Waals surface area contributed by atoms with Crippen LogP contribution in [0.1, 0.15) is 28.4 Å². The largest absolute Gasteiger partial charge is 0.369 e. The molecule has 2 aromatic rings. The summed E-state index contributed by atoms with van der Waals surface area (Å²) in [5.74, 6) is 0.103. The monoisotopic (exact) mass is 319 g/mol. The molecule has 0 bridgehead atoms. The number of Topliss-reactive ketones (excluding diaryl/α,β-unsaturated/α-hetero) is 1. The Morgan fingerprint density at radius 1 is 1.08 bits per heavy atom. The summed E-state index contributed by atoms with van der Waals surface area (Å²) in [5, 5.41) is 8.99. The van der Waals surface area contributed by atoms with Gasteiger partial charge in [0.2, 0.25) is 0 Å². The Morgan fingerprint density at radius 2 is 1.79 bits per heavy atom. The number of piperazine rings is 1. The fourth-order valence-electron chi connectivity index (χ4n) is 3.07. The molecule has 0 N–H and O–H groups in total. The van der Waals surface area contributed by atoms with E-state index in [1.165, 1.54) is 11.3 Å².